The molecule has 2 heterocycles. The minimum Gasteiger partial charge on any atom is -0.318 e. The molecule has 1 aromatic carbocycles. The third-order valence-electron chi connectivity index (χ3n) is 3.19. The second-order valence-electron chi connectivity index (χ2n) is 5.03. The summed E-state index contributed by atoms with van der Waals surface area (Å²) in [6, 6.07) is 4.16. The maximum Gasteiger partial charge on any atom is 0.435 e. The highest BCUT2D eigenvalue weighted by molar-refractivity contribution is 6.03. The molecule has 3 aromatic rings. The molecule has 25 heavy (non-hydrogen) atoms. The van der Waals surface area contributed by atoms with E-state index in [4.69, 9.17) is 0 Å². The van der Waals surface area contributed by atoms with Crippen molar-refractivity contribution in [2.75, 3.05) is 5.32 Å². The van der Waals surface area contributed by atoms with Crippen molar-refractivity contribution >= 4 is 11.6 Å². The van der Waals surface area contributed by atoms with Crippen LogP contribution in [0.4, 0.5) is 23.2 Å². The van der Waals surface area contributed by atoms with Crippen LogP contribution in [0.3, 0.4) is 0 Å². The molecule has 2 aromatic heterocycles. The quantitative estimate of drug-likeness (QED) is 0.733. The van der Waals surface area contributed by atoms with Crippen molar-refractivity contribution in [3.05, 3.63) is 53.9 Å². The van der Waals surface area contributed by atoms with Crippen molar-refractivity contribution in [3.8, 4) is 5.69 Å². The molecule has 0 aliphatic rings. The number of carbonyl (C=O) groups excluding carboxylic acids is 1. The standard InChI is InChI=1S/C14H10F4N6O/c1-23-7-9(6-19-23)20-13(25)11-12(14(16,17)18)24(22-21-11)10-4-2-8(15)3-5-10/h2-7H,1H3,(H,20,25). The van der Waals surface area contributed by atoms with E-state index in [1.165, 1.54) is 17.1 Å². The Kier molecular flexibility index (Phi) is 3.99. The van der Waals surface area contributed by atoms with Crippen molar-refractivity contribution in [1.82, 2.24) is 24.8 Å². The van der Waals surface area contributed by atoms with E-state index < -0.39 is 29.3 Å². The van der Waals surface area contributed by atoms with Crippen LogP contribution < -0.4 is 5.32 Å². The molecule has 0 saturated carbocycles. The van der Waals surface area contributed by atoms with Gasteiger partial charge in [-0.3, -0.25) is 9.48 Å². The van der Waals surface area contributed by atoms with Gasteiger partial charge in [0.2, 0.25) is 0 Å². The monoisotopic (exact) mass is 354 g/mol. The molecule has 1 N–H and O–H groups in total. The zero-order valence-corrected chi connectivity index (χ0v) is 12.6. The predicted molar refractivity (Wildman–Crippen MR) is 77.5 cm³/mol. The van der Waals surface area contributed by atoms with Crippen molar-refractivity contribution < 1.29 is 22.4 Å². The second-order valence-corrected chi connectivity index (χ2v) is 5.03. The third kappa shape index (κ3) is 3.34. The lowest BCUT2D eigenvalue weighted by Gasteiger charge is -2.11. The minimum absolute atomic E-state index is 0.0818. The Morgan fingerprint density at radius 2 is 1.88 bits per heavy atom. The van der Waals surface area contributed by atoms with Crippen molar-refractivity contribution in [1.29, 1.82) is 0 Å². The maximum absolute atomic E-state index is 13.4. The van der Waals surface area contributed by atoms with Crippen LogP contribution in [0.15, 0.2) is 36.7 Å². The number of aryl methyl sites for hydroxylation is 1. The van der Waals surface area contributed by atoms with Crippen molar-refractivity contribution in [2.45, 2.75) is 6.18 Å². The topological polar surface area (TPSA) is 77.6 Å². The fraction of sp³-hybridized carbons (Fsp3) is 0.143. The number of nitrogens with one attached hydrogen (secondary N) is 1. The first-order valence-electron chi connectivity index (χ1n) is 6.84. The molecule has 0 fully saturated rings. The summed E-state index contributed by atoms with van der Waals surface area (Å²) in [5.41, 5.74) is -2.14. The molecule has 1 amide bonds. The van der Waals surface area contributed by atoms with Gasteiger partial charge < -0.3 is 5.32 Å². The van der Waals surface area contributed by atoms with E-state index in [0.717, 1.165) is 24.3 Å². The lowest BCUT2D eigenvalue weighted by Crippen LogP contribution is -2.21. The Hall–Kier alpha value is -3.24. The van der Waals surface area contributed by atoms with Gasteiger partial charge in [-0.1, -0.05) is 5.21 Å². The highest BCUT2D eigenvalue weighted by atomic mass is 19.4. The minimum atomic E-state index is -4.90. The number of halogens is 4. The molecule has 130 valence electrons. The summed E-state index contributed by atoms with van der Waals surface area (Å²) in [7, 11) is 1.58. The fourth-order valence-electron chi connectivity index (χ4n) is 2.13. The Labute approximate surface area is 137 Å². The highest BCUT2D eigenvalue weighted by Gasteiger charge is 2.42. The van der Waals surface area contributed by atoms with Gasteiger partial charge in [0.25, 0.3) is 5.91 Å². The Morgan fingerprint density at radius 1 is 1.20 bits per heavy atom. The van der Waals surface area contributed by atoms with E-state index in [9.17, 15) is 22.4 Å². The Balaban J connectivity index is 2.02. The lowest BCUT2D eigenvalue weighted by molar-refractivity contribution is -0.143. The van der Waals surface area contributed by atoms with Gasteiger partial charge >= 0.3 is 6.18 Å². The van der Waals surface area contributed by atoms with Crippen LogP contribution in [0.25, 0.3) is 5.69 Å². The number of benzene rings is 1. The van der Waals surface area contributed by atoms with Crippen LogP contribution >= 0.6 is 0 Å². The first-order chi connectivity index (χ1) is 11.8. The SMILES string of the molecule is Cn1cc(NC(=O)c2nnn(-c3ccc(F)cc3)c2C(F)(F)F)cn1. The summed E-state index contributed by atoms with van der Waals surface area (Å²) in [5.74, 6) is -1.71. The lowest BCUT2D eigenvalue weighted by atomic mass is 10.2. The molecule has 0 atom stereocenters. The van der Waals surface area contributed by atoms with Gasteiger partial charge in [0, 0.05) is 13.2 Å². The fourth-order valence-corrected chi connectivity index (χ4v) is 2.13. The van der Waals surface area contributed by atoms with Gasteiger partial charge in [-0.25, -0.2) is 9.07 Å². The first kappa shape index (κ1) is 16.6. The molecule has 3 rings (SSSR count). The number of nitrogens with zero attached hydrogens (tertiary/aromatic N) is 5. The third-order valence-corrected chi connectivity index (χ3v) is 3.19. The van der Waals surface area contributed by atoms with E-state index in [1.54, 1.807) is 7.05 Å². The van der Waals surface area contributed by atoms with E-state index >= 15 is 0 Å². The van der Waals surface area contributed by atoms with Gasteiger partial charge in [0.05, 0.1) is 17.6 Å². The number of amides is 1. The summed E-state index contributed by atoms with van der Waals surface area (Å²) < 4.78 is 55.1. The van der Waals surface area contributed by atoms with Crippen LogP contribution in [-0.2, 0) is 13.2 Å². The Bertz CT molecular complexity index is 912. The molecular formula is C14H10F4N6O. The van der Waals surface area contributed by atoms with Gasteiger partial charge in [-0.2, -0.15) is 18.3 Å². The van der Waals surface area contributed by atoms with Gasteiger partial charge in [0.15, 0.2) is 11.4 Å². The summed E-state index contributed by atoms with van der Waals surface area (Å²) in [5, 5.41) is 12.8. The van der Waals surface area contributed by atoms with Crippen LogP contribution in [0.5, 0.6) is 0 Å². The smallest absolute Gasteiger partial charge is 0.318 e. The van der Waals surface area contributed by atoms with Crippen LogP contribution in [0.2, 0.25) is 0 Å². The van der Waals surface area contributed by atoms with E-state index in [0.29, 0.717) is 4.68 Å². The molecule has 0 spiro atoms. The van der Waals surface area contributed by atoms with Crippen molar-refractivity contribution in [2.24, 2.45) is 7.05 Å². The number of alkyl halides is 3. The molecule has 0 aliphatic heterocycles. The average molecular weight is 354 g/mol. The summed E-state index contributed by atoms with van der Waals surface area (Å²) in [4.78, 5) is 12.2. The summed E-state index contributed by atoms with van der Waals surface area (Å²) in [6.07, 6.45) is -2.22. The largest absolute Gasteiger partial charge is 0.435 e. The zero-order chi connectivity index (χ0) is 18.2. The number of hydrogen-bond acceptors (Lipinski definition) is 4. The normalized spacial score (nSPS) is 11.6. The maximum atomic E-state index is 13.4. The molecule has 7 nitrogen and oxygen atoms in total. The molecule has 11 heteroatoms. The molecule has 0 radical (unpaired) electrons. The highest BCUT2D eigenvalue weighted by Crippen LogP contribution is 2.33. The first-order valence-corrected chi connectivity index (χ1v) is 6.84. The van der Waals surface area contributed by atoms with Crippen LogP contribution in [0.1, 0.15) is 16.2 Å². The average Bonchev–Trinajstić information content (AvgIpc) is 3.14. The van der Waals surface area contributed by atoms with Gasteiger partial charge in [0.1, 0.15) is 5.82 Å². The molecule has 0 bridgehead atoms. The number of aromatic nitrogens is 5. The van der Waals surface area contributed by atoms with Gasteiger partial charge in [-0.05, 0) is 24.3 Å². The molecular weight excluding hydrogens is 344 g/mol. The van der Waals surface area contributed by atoms with E-state index in [1.807, 2.05) is 0 Å². The number of carbonyl (C=O) groups is 1. The predicted octanol–water partition coefficient (Wildman–Crippen LogP) is 2.41. The molecule has 0 saturated heterocycles. The number of anilines is 1. The van der Waals surface area contributed by atoms with Crippen LogP contribution in [-0.4, -0.2) is 30.7 Å². The second kappa shape index (κ2) is 6.00. The number of rotatable bonds is 3. The van der Waals surface area contributed by atoms with Crippen LogP contribution in [0, 0.1) is 5.82 Å². The van der Waals surface area contributed by atoms with E-state index in [2.05, 4.69) is 20.7 Å². The summed E-state index contributed by atoms with van der Waals surface area (Å²) in [6.45, 7) is 0. The molecule has 0 aliphatic carbocycles. The van der Waals surface area contributed by atoms with Gasteiger partial charge in [-0.15, -0.1) is 5.10 Å². The van der Waals surface area contributed by atoms with E-state index in [-0.39, 0.29) is 11.4 Å². The number of hydrogen-bond donors (Lipinski definition) is 1. The molecule has 0 unspecified atom stereocenters. The Morgan fingerprint density at radius 3 is 2.44 bits per heavy atom. The zero-order valence-electron chi connectivity index (χ0n) is 12.6. The van der Waals surface area contributed by atoms with Crippen molar-refractivity contribution in [3.63, 3.8) is 0 Å². The summed E-state index contributed by atoms with van der Waals surface area (Å²) >= 11 is 0.